The summed E-state index contributed by atoms with van der Waals surface area (Å²) < 4.78 is 0. The van der Waals surface area contributed by atoms with E-state index in [-0.39, 0.29) is 11.2 Å². The number of carbonyl (C=O) groups excluding carboxylic acids is 1. The predicted octanol–water partition coefficient (Wildman–Crippen LogP) is 1.06. The molecule has 3 nitrogen and oxygen atoms in total. The minimum Gasteiger partial charge on any atom is -0.329 e. The van der Waals surface area contributed by atoms with Gasteiger partial charge in [-0.1, -0.05) is 12.1 Å². The second kappa shape index (κ2) is 3.40. The Morgan fingerprint density at radius 1 is 1.46 bits per heavy atom. The monoisotopic (exact) mass is 194 g/mol. The zero-order valence-corrected chi connectivity index (χ0v) is 7.80. The minimum atomic E-state index is -0.144. The summed E-state index contributed by atoms with van der Waals surface area (Å²) in [5.41, 5.74) is 6.36. The fraction of sp³-hybridized carbons (Fsp3) is 0.222. The van der Waals surface area contributed by atoms with E-state index >= 15 is 0 Å². The quantitative estimate of drug-likeness (QED) is 0.702. The van der Waals surface area contributed by atoms with Gasteiger partial charge in [0.05, 0.1) is 5.69 Å². The van der Waals surface area contributed by atoms with E-state index in [9.17, 15) is 4.79 Å². The number of fused-ring (bicyclic) bond motifs is 1. The van der Waals surface area contributed by atoms with Crippen molar-refractivity contribution in [2.75, 3.05) is 11.9 Å². The fourth-order valence-electron chi connectivity index (χ4n) is 1.25. The molecular formula is C9H10N2OS. The first-order chi connectivity index (χ1) is 6.31. The highest BCUT2D eigenvalue weighted by Gasteiger charge is 2.24. The van der Waals surface area contributed by atoms with E-state index in [2.05, 4.69) is 5.32 Å². The second-order valence-corrected chi connectivity index (χ2v) is 4.07. The summed E-state index contributed by atoms with van der Waals surface area (Å²) in [6.45, 7) is 0.380. The normalized spacial score (nSPS) is 20.7. The first-order valence-electron chi connectivity index (χ1n) is 4.08. The van der Waals surface area contributed by atoms with Gasteiger partial charge in [0.2, 0.25) is 5.91 Å². The van der Waals surface area contributed by atoms with Gasteiger partial charge in [-0.25, -0.2) is 0 Å². The molecule has 1 amide bonds. The van der Waals surface area contributed by atoms with E-state index in [0.717, 1.165) is 10.6 Å². The number of anilines is 1. The third kappa shape index (κ3) is 1.55. The van der Waals surface area contributed by atoms with Crippen molar-refractivity contribution in [2.45, 2.75) is 10.1 Å². The standard InChI is InChI=1S/C9H10N2OS/c10-5-8-9(12)11-6-3-1-2-4-7(6)13-8/h1-4,8H,5,10H2,(H,11,12). The van der Waals surface area contributed by atoms with Crippen LogP contribution in [-0.4, -0.2) is 17.7 Å². The molecule has 1 unspecified atom stereocenters. The highest BCUT2D eigenvalue weighted by Crippen LogP contribution is 2.34. The van der Waals surface area contributed by atoms with Crippen LogP contribution >= 0.6 is 11.8 Å². The molecule has 2 rings (SSSR count). The Morgan fingerprint density at radius 3 is 3.00 bits per heavy atom. The molecule has 1 aliphatic rings. The zero-order chi connectivity index (χ0) is 9.26. The van der Waals surface area contributed by atoms with Crippen LogP contribution in [0.15, 0.2) is 29.2 Å². The van der Waals surface area contributed by atoms with Crippen LogP contribution in [0.4, 0.5) is 5.69 Å². The zero-order valence-electron chi connectivity index (χ0n) is 6.99. The number of thioether (sulfide) groups is 1. The molecule has 68 valence electrons. The fourth-order valence-corrected chi connectivity index (χ4v) is 2.22. The van der Waals surface area contributed by atoms with E-state index in [0.29, 0.717) is 6.54 Å². The molecule has 0 fully saturated rings. The van der Waals surface area contributed by atoms with Crippen molar-refractivity contribution in [3.05, 3.63) is 24.3 Å². The van der Waals surface area contributed by atoms with Gasteiger partial charge in [-0.3, -0.25) is 4.79 Å². The number of carbonyl (C=O) groups is 1. The van der Waals surface area contributed by atoms with Gasteiger partial charge in [-0.2, -0.15) is 0 Å². The molecular weight excluding hydrogens is 184 g/mol. The van der Waals surface area contributed by atoms with Crippen LogP contribution in [0.2, 0.25) is 0 Å². The average molecular weight is 194 g/mol. The van der Waals surface area contributed by atoms with Crippen molar-refractivity contribution >= 4 is 23.4 Å². The van der Waals surface area contributed by atoms with Gasteiger partial charge in [0.15, 0.2) is 0 Å². The van der Waals surface area contributed by atoms with Crippen LogP contribution in [0.25, 0.3) is 0 Å². The van der Waals surface area contributed by atoms with Crippen LogP contribution in [-0.2, 0) is 4.79 Å². The average Bonchev–Trinajstić information content (AvgIpc) is 2.17. The van der Waals surface area contributed by atoms with E-state index < -0.39 is 0 Å². The van der Waals surface area contributed by atoms with Crippen molar-refractivity contribution in [2.24, 2.45) is 5.73 Å². The summed E-state index contributed by atoms with van der Waals surface area (Å²) in [4.78, 5) is 12.5. The number of benzene rings is 1. The molecule has 0 bridgehead atoms. The summed E-state index contributed by atoms with van der Waals surface area (Å²) in [5, 5.41) is 2.68. The molecule has 0 saturated heterocycles. The topological polar surface area (TPSA) is 55.1 Å². The number of rotatable bonds is 1. The number of amides is 1. The van der Waals surface area contributed by atoms with Gasteiger partial charge in [0.25, 0.3) is 0 Å². The van der Waals surface area contributed by atoms with Crippen LogP contribution in [0.1, 0.15) is 0 Å². The second-order valence-electron chi connectivity index (χ2n) is 2.83. The van der Waals surface area contributed by atoms with Gasteiger partial charge >= 0.3 is 0 Å². The highest BCUT2D eigenvalue weighted by molar-refractivity contribution is 8.01. The molecule has 1 aliphatic heterocycles. The van der Waals surface area contributed by atoms with Crippen molar-refractivity contribution in [3.8, 4) is 0 Å². The number of para-hydroxylation sites is 1. The molecule has 0 aliphatic carbocycles. The molecule has 1 atom stereocenters. The summed E-state index contributed by atoms with van der Waals surface area (Å²) >= 11 is 1.53. The predicted molar refractivity (Wildman–Crippen MR) is 53.8 cm³/mol. The summed E-state index contributed by atoms with van der Waals surface area (Å²) in [5.74, 6) is 0.00574. The third-order valence-electron chi connectivity index (χ3n) is 1.92. The van der Waals surface area contributed by atoms with Crippen LogP contribution in [0.3, 0.4) is 0 Å². The molecule has 3 N–H and O–H groups in total. The van der Waals surface area contributed by atoms with Gasteiger partial charge in [0.1, 0.15) is 5.25 Å². The van der Waals surface area contributed by atoms with Crippen molar-refractivity contribution in [1.82, 2.24) is 0 Å². The van der Waals surface area contributed by atoms with Crippen LogP contribution in [0.5, 0.6) is 0 Å². The summed E-state index contributed by atoms with van der Waals surface area (Å²) in [6.07, 6.45) is 0. The lowest BCUT2D eigenvalue weighted by Gasteiger charge is -2.22. The van der Waals surface area contributed by atoms with Crippen LogP contribution < -0.4 is 11.1 Å². The number of hydrogen-bond acceptors (Lipinski definition) is 3. The Kier molecular flexibility index (Phi) is 2.24. The van der Waals surface area contributed by atoms with E-state index in [1.54, 1.807) is 0 Å². The molecule has 0 spiro atoms. The molecule has 13 heavy (non-hydrogen) atoms. The van der Waals surface area contributed by atoms with Gasteiger partial charge < -0.3 is 11.1 Å². The maximum atomic E-state index is 11.4. The lowest BCUT2D eigenvalue weighted by Crippen LogP contribution is -2.34. The lowest BCUT2D eigenvalue weighted by molar-refractivity contribution is -0.115. The summed E-state index contributed by atoms with van der Waals surface area (Å²) in [7, 11) is 0. The van der Waals surface area contributed by atoms with Crippen LogP contribution in [0, 0.1) is 0 Å². The molecule has 0 saturated carbocycles. The third-order valence-corrected chi connectivity index (χ3v) is 3.22. The Labute approximate surface area is 80.7 Å². The number of nitrogens with two attached hydrogens (primary N) is 1. The Bertz CT molecular complexity index is 340. The molecule has 0 aromatic heterocycles. The Morgan fingerprint density at radius 2 is 2.23 bits per heavy atom. The molecule has 1 aromatic carbocycles. The number of nitrogens with one attached hydrogen (secondary N) is 1. The van der Waals surface area contributed by atoms with Crippen molar-refractivity contribution in [3.63, 3.8) is 0 Å². The van der Waals surface area contributed by atoms with Crippen molar-refractivity contribution < 1.29 is 4.79 Å². The smallest absolute Gasteiger partial charge is 0.239 e. The summed E-state index contributed by atoms with van der Waals surface area (Å²) in [6, 6.07) is 7.74. The molecule has 1 aromatic rings. The first-order valence-corrected chi connectivity index (χ1v) is 4.96. The van der Waals surface area contributed by atoms with E-state index in [1.807, 2.05) is 24.3 Å². The Hall–Kier alpha value is -1.00. The SMILES string of the molecule is NCC1Sc2ccccc2NC1=O. The largest absolute Gasteiger partial charge is 0.329 e. The molecule has 4 heteroatoms. The first kappa shape index (κ1) is 8.59. The van der Waals surface area contributed by atoms with Gasteiger partial charge in [0, 0.05) is 11.4 Å². The van der Waals surface area contributed by atoms with E-state index in [1.165, 1.54) is 11.8 Å². The van der Waals surface area contributed by atoms with E-state index in [4.69, 9.17) is 5.73 Å². The number of hydrogen-bond donors (Lipinski definition) is 2. The van der Waals surface area contributed by atoms with Gasteiger partial charge in [-0.15, -0.1) is 11.8 Å². The van der Waals surface area contributed by atoms with Gasteiger partial charge in [-0.05, 0) is 12.1 Å². The Balaban J connectivity index is 2.33. The maximum Gasteiger partial charge on any atom is 0.239 e. The molecule has 0 radical (unpaired) electrons. The van der Waals surface area contributed by atoms with Crippen molar-refractivity contribution in [1.29, 1.82) is 0 Å². The minimum absolute atomic E-state index is 0.00574. The maximum absolute atomic E-state index is 11.4. The highest BCUT2D eigenvalue weighted by atomic mass is 32.2. The lowest BCUT2D eigenvalue weighted by atomic mass is 10.3. The molecule has 1 heterocycles.